The molecular weight excluding hydrogens is 244 g/mol. The number of phenols is 1. The Hall–Kier alpha value is -0.580. The minimum absolute atomic E-state index is 0.209. The number of piperazine rings is 1. The molecule has 0 amide bonds. The summed E-state index contributed by atoms with van der Waals surface area (Å²) in [5.41, 5.74) is 0.951. The Morgan fingerprint density at radius 1 is 1.36 bits per heavy atom. The summed E-state index contributed by atoms with van der Waals surface area (Å²) < 4.78 is 0.752. The molecule has 0 saturated carbocycles. The van der Waals surface area contributed by atoms with Gasteiger partial charge in [0.2, 0.25) is 0 Å². The lowest BCUT2D eigenvalue weighted by atomic mass is 10.0. The molecule has 1 aliphatic heterocycles. The molecule has 3 nitrogen and oxygen atoms in total. The molecule has 0 bridgehead atoms. The molecule has 1 saturated heterocycles. The van der Waals surface area contributed by atoms with Crippen molar-refractivity contribution >= 4 is 15.9 Å². The zero-order chi connectivity index (χ0) is 9.97. The van der Waals surface area contributed by atoms with Crippen LogP contribution < -0.4 is 10.6 Å². The molecule has 3 N–H and O–H groups in total. The molecule has 1 aliphatic rings. The van der Waals surface area contributed by atoms with Gasteiger partial charge in [-0.25, -0.2) is 0 Å². The highest BCUT2D eigenvalue weighted by molar-refractivity contribution is 9.10. The number of benzene rings is 1. The van der Waals surface area contributed by atoms with Crippen LogP contribution in [0.4, 0.5) is 0 Å². The van der Waals surface area contributed by atoms with E-state index in [0.29, 0.717) is 5.75 Å². The molecule has 14 heavy (non-hydrogen) atoms. The molecule has 0 aromatic heterocycles. The summed E-state index contributed by atoms with van der Waals surface area (Å²) >= 11 is 3.31. The minimum Gasteiger partial charge on any atom is -0.506 e. The van der Waals surface area contributed by atoms with E-state index in [1.165, 1.54) is 0 Å². The molecule has 76 valence electrons. The van der Waals surface area contributed by atoms with E-state index in [1.54, 1.807) is 0 Å². The van der Waals surface area contributed by atoms with E-state index in [-0.39, 0.29) is 6.04 Å². The highest BCUT2D eigenvalue weighted by Gasteiger charge is 2.18. The number of aromatic hydroxyl groups is 1. The molecule has 1 atom stereocenters. The average molecular weight is 257 g/mol. The molecular formula is C10H13BrN2O. The molecule has 0 spiro atoms. The Morgan fingerprint density at radius 3 is 2.93 bits per heavy atom. The zero-order valence-electron chi connectivity index (χ0n) is 7.76. The van der Waals surface area contributed by atoms with Crippen LogP contribution in [-0.2, 0) is 0 Å². The predicted octanol–water partition coefficient (Wildman–Crippen LogP) is 1.39. The first kappa shape index (κ1) is 9.96. The van der Waals surface area contributed by atoms with Crippen molar-refractivity contribution in [2.24, 2.45) is 0 Å². The second-order valence-electron chi connectivity index (χ2n) is 3.39. The van der Waals surface area contributed by atoms with E-state index < -0.39 is 0 Å². The van der Waals surface area contributed by atoms with Gasteiger partial charge in [0.25, 0.3) is 0 Å². The van der Waals surface area contributed by atoms with Gasteiger partial charge >= 0.3 is 0 Å². The second-order valence-corrected chi connectivity index (χ2v) is 4.24. The van der Waals surface area contributed by atoms with Crippen LogP contribution in [0.2, 0.25) is 0 Å². The zero-order valence-corrected chi connectivity index (χ0v) is 9.34. The normalized spacial score (nSPS) is 22.2. The van der Waals surface area contributed by atoms with E-state index in [9.17, 15) is 5.11 Å². The van der Waals surface area contributed by atoms with Crippen LogP contribution in [0.25, 0.3) is 0 Å². The van der Waals surface area contributed by atoms with Gasteiger partial charge in [-0.1, -0.05) is 12.1 Å². The lowest BCUT2D eigenvalue weighted by molar-refractivity contribution is 0.403. The summed E-state index contributed by atoms with van der Waals surface area (Å²) in [6.45, 7) is 2.80. The van der Waals surface area contributed by atoms with Gasteiger partial charge in [0.1, 0.15) is 5.75 Å². The first-order chi connectivity index (χ1) is 6.79. The lowest BCUT2D eigenvalue weighted by Crippen LogP contribution is -2.42. The minimum atomic E-state index is 0.209. The summed E-state index contributed by atoms with van der Waals surface area (Å²) in [5, 5.41) is 16.5. The summed E-state index contributed by atoms with van der Waals surface area (Å²) in [6.07, 6.45) is 0. The van der Waals surface area contributed by atoms with Gasteiger partial charge in [0, 0.05) is 31.2 Å². The molecule has 0 radical (unpaired) electrons. The maximum absolute atomic E-state index is 9.84. The Bertz CT molecular complexity index is 324. The van der Waals surface area contributed by atoms with Gasteiger partial charge in [-0.2, -0.15) is 0 Å². The molecule has 0 aliphatic carbocycles. The molecule has 4 heteroatoms. The van der Waals surface area contributed by atoms with Crippen molar-refractivity contribution in [1.29, 1.82) is 0 Å². The highest BCUT2D eigenvalue weighted by atomic mass is 79.9. The van der Waals surface area contributed by atoms with Gasteiger partial charge in [-0.15, -0.1) is 0 Å². The molecule has 1 unspecified atom stereocenters. The highest BCUT2D eigenvalue weighted by Crippen LogP contribution is 2.31. The monoisotopic (exact) mass is 256 g/mol. The van der Waals surface area contributed by atoms with Crippen LogP contribution in [0.3, 0.4) is 0 Å². The number of para-hydroxylation sites is 1. The van der Waals surface area contributed by atoms with E-state index in [2.05, 4.69) is 26.6 Å². The fourth-order valence-electron chi connectivity index (χ4n) is 1.69. The maximum Gasteiger partial charge on any atom is 0.134 e. The van der Waals surface area contributed by atoms with Crippen LogP contribution in [0.5, 0.6) is 5.75 Å². The van der Waals surface area contributed by atoms with Crippen LogP contribution in [0.15, 0.2) is 22.7 Å². The fourth-order valence-corrected chi connectivity index (χ4v) is 2.07. The topological polar surface area (TPSA) is 44.3 Å². The summed E-state index contributed by atoms with van der Waals surface area (Å²) in [6, 6.07) is 5.94. The largest absolute Gasteiger partial charge is 0.506 e. The third kappa shape index (κ3) is 1.92. The first-order valence-corrected chi connectivity index (χ1v) is 5.50. The quantitative estimate of drug-likeness (QED) is 0.712. The third-order valence-electron chi connectivity index (χ3n) is 2.43. The maximum atomic E-state index is 9.84. The predicted molar refractivity (Wildman–Crippen MR) is 59.4 cm³/mol. The molecule has 1 aromatic carbocycles. The SMILES string of the molecule is Oc1c(Br)cccc1C1CNCCN1. The third-order valence-corrected chi connectivity index (χ3v) is 3.07. The van der Waals surface area contributed by atoms with Crippen molar-refractivity contribution in [3.05, 3.63) is 28.2 Å². The van der Waals surface area contributed by atoms with E-state index in [1.807, 2.05) is 18.2 Å². The number of nitrogens with one attached hydrogen (secondary N) is 2. The Morgan fingerprint density at radius 2 is 2.21 bits per heavy atom. The van der Waals surface area contributed by atoms with Crippen molar-refractivity contribution < 1.29 is 5.11 Å². The van der Waals surface area contributed by atoms with Crippen LogP contribution in [0.1, 0.15) is 11.6 Å². The van der Waals surface area contributed by atoms with Crippen molar-refractivity contribution in [2.75, 3.05) is 19.6 Å². The first-order valence-electron chi connectivity index (χ1n) is 4.70. The second kappa shape index (κ2) is 4.29. The number of hydrogen-bond acceptors (Lipinski definition) is 3. The van der Waals surface area contributed by atoms with Gasteiger partial charge in [0.15, 0.2) is 0 Å². The Labute approximate surface area is 91.6 Å². The number of rotatable bonds is 1. The number of phenolic OH excluding ortho intramolecular Hbond substituents is 1. The van der Waals surface area contributed by atoms with Crippen LogP contribution in [0, 0.1) is 0 Å². The molecule has 1 aromatic rings. The molecule has 1 heterocycles. The van der Waals surface area contributed by atoms with Crippen molar-refractivity contribution in [3.8, 4) is 5.75 Å². The summed E-state index contributed by atoms with van der Waals surface area (Å²) in [4.78, 5) is 0. The lowest BCUT2D eigenvalue weighted by Gasteiger charge is -2.25. The molecule has 1 fully saturated rings. The molecule has 2 rings (SSSR count). The average Bonchev–Trinajstić information content (AvgIpc) is 2.23. The van der Waals surface area contributed by atoms with Crippen molar-refractivity contribution in [2.45, 2.75) is 6.04 Å². The van der Waals surface area contributed by atoms with Crippen LogP contribution >= 0.6 is 15.9 Å². The Kier molecular flexibility index (Phi) is 3.05. The van der Waals surface area contributed by atoms with Crippen molar-refractivity contribution in [1.82, 2.24) is 10.6 Å². The van der Waals surface area contributed by atoms with Crippen molar-refractivity contribution in [3.63, 3.8) is 0 Å². The van der Waals surface area contributed by atoms with E-state index in [0.717, 1.165) is 29.7 Å². The standard InChI is InChI=1S/C10H13BrN2O/c11-8-3-1-2-7(10(8)14)9-6-12-4-5-13-9/h1-3,9,12-14H,4-6H2. The van der Waals surface area contributed by atoms with Crippen LogP contribution in [-0.4, -0.2) is 24.7 Å². The summed E-state index contributed by atoms with van der Waals surface area (Å²) in [7, 11) is 0. The van der Waals surface area contributed by atoms with Gasteiger partial charge < -0.3 is 15.7 Å². The number of hydrogen-bond donors (Lipinski definition) is 3. The van der Waals surface area contributed by atoms with E-state index >= 15 is 0 Å². The smallest absolute Gasteiger partial charge is 0.134 e. The van der Waals surface area contributed by atoms with Gasteiger partial charge in [0.05, 0.1) is 4.47 Å². The summed E-state index contributed by atoms with van der Waals surface area (Å²) in [5.74, 6) is 0.341. The Balaban J connectivity index is 2.26. The van der Waals surface area contributed by atoms with Gasteiger partial charge in [-0.3, -0.25) is 0 Å². The fraction of sp³-hybridized carbons (Fsp3) is 0.400. The number of halogens is 1. The van der Waals surface area contributed by atoms with Gasteiger partial charge in [-0.05, 0) is 22.0 Å². The van der Waals surface area contributed by atoms with E-state index in [4.69, 9.17) is 0 Å².